The normalized spacial score (nSPS) is 12.2. The first kappa shape index (κ1) is 16.7. The van der Waals surface area contributed by atoms with Gasteiger partial charge in [0.1, 0.15) is 5.82 Å². The lowest BCUT2D eigenvalue weighted by Gasteiger charge is -2.22. The van der Waals surface area contributed by atoms with Crippen molar-refractivity contribution >= 4 is 0 Å². The summed E-state index contributed by atoms with van der Waals surface area (Å²) in [5, 5.41) is 4.66. The highest BCUT2D eigenvalue weighted by Crippen LogP contribution is 2.32. The van der Waals surface area contributed by atoms with E-state index in [9.17, 15) is 4.39 Å². The number of hydrogen-bond acceptors (Lipinski definition) is 1. The van der Waals surface area contributed by atoms with Crippen molar-refractivity contribution in [2.45, 2.75) is 59.4 Å². The molecule has 4 heteroatoms. The third-order valence-corrected chi connectivity index (χ3v) is 3.94. The summed E-state index contributed by atoms with van der Waals surface area (Å²) in [6.07, 6.45) is 0.873. The van der Waals surface area contributed by atoms with Gasteiger partial charge >= 0.3 is 0 Å². The van der Waals surface area contributed by atoms with Crippen molar-refractivity contribution in [2.75, 3.05) is 0 Å². The highest BCUT2D eigenvalue weighted by atomic mass is 19.1. The van der Waals surface area contributed by atoms with E-state index in [1.165, 1.54) is 6.07 Å². The van der Waals surface area contributed by atoms with Gasteiger partial charge in [-0.05, 0) is 43.0 Å². The molecule has 0 aliphatic carbocycles. The van der Waals surface area contributed by atoms with E-state index in [1.807, 2.05) is 17.8 Å². The Kier molecular flexibility index (Phi) is 4.41. The summed E-state index contributed by atoms with van der Waals surface area (Å²) in [4.78, 5) is 0. The Bertz CT molecular complexity index is 678. The third-order valence-electron chi connectivity index (χ3n) is 3.94. The first-order chi connectivity index (χ1) is 10.2. The van der Waals surface area contributed by atoms with Gasteiger partial charge in [-0.25, -0.2) is 8.96 Å². The molecular formula is C18H27FN3+. The molecule has 0 radical (unpaired) electrons. The molecule has 0 aliphatic rings. The van der Waals surface area contributed by atoms with Crippen molar-refractivity contribution in [2.24, 2.45) is 7.05 Å². The zero-order chi connectivity index (χ0) is 16.7. The average molecular weight is 304 g/mol. The summed E-state index contributed by atoms with van der Waals surface area (Å²) in [6, 6.07) is 5.37. The van der Waals surface area contributed by atoms with Crippen LogP contribution >= 0.6 is 0 Å². The fourth-order valence-electron chi connectivity index (χ4n) is 2.97. The minimum absolute atomic E-state index is 0.136. The van der Waals surface area contributed by atoms with Crippen LogP contribution in [0.5, 0.6) is 0 Å². The maximum atomic E-state index is 13.8. The molecule has 2 rings (SSSR count). The molecule has 1 aromatic carbocycles. The Labute approximate surface area is 132 Å². The van der Waals surface area contributed by atoms with Crippen LogP contribution in [-0.2, 0) is 18.9 Å². The predicted octanol–water partition coefficient (Wildman–Crippen LogP) is 3.95. The van der Waals surface area contributed by atoms with Gasteiger partial charge in [0, 0.05) is 11.5 Å². The monoisotopic (exact) mass is 304 g/mol. The zero-order valence-corrected chi connectivity index (χ0v) is 14.7. The van der Waals surface area contributed by atoms with E-state index < -0.39 is 0 Å². The van der Waals surface area contributed by atoms with Gasteiger partial charge in [-0.1, -0.05) is 27.7 Å². The quantitative estimate of drug-likeness (QED) is 0.787. The lowest BCUT2D eigenvalue weighted by molar-refractivity contribution is -0.713. The van der Waals surface area contributed by atoms with E-state index in [1.54, 1.807) is 6.07 Å². The molecular weight excluding hydrogens is 277 g/mol. The fraction of sp³-hybridized carbons (Fsp3) is 0.556. The Morgan fingerprint density at radius 1 is 1.27 bits per heavy atom. The molecule has 0 spiro atoms. The van der Waals surface area contributed by atoms with E-state index in [-0.39, 0.29) is 11.2 Å². The van der Waals surface area contributed by atoms with Gasteiger partial charge in [-0.15, -0.1) is 4.68 Å². The van der Waals surface area contributed by atoms with Crippen LogP contribution in [0.3, 0.4) is 0 Å². The molecule has 22 heavy (non-hydrogen) atoms. The fourth-order valence-corrected chi connectivity index (χ4v) is 2.97. The van der Waals surface area contributed by atoms with Gasteiger partial charge in [0.05, 0.1) is 18.7 Å². The van der Waals surface area contributed by atoms with Gasteiger partial charge in [0.25, 0.3) is 11.6 Å². The molecule has 0 saturated heterocycles. The van der Waals surface area contributed by atoms with E-state index in [0.717, 1.165) is 29.2 Å². The van der Waals surface area contributed by atoms with Gasteiger partial charge in [0.15, 0.2) is 0 Å². The summed E-state index contributed by atoms with van der Waals surface area (Å²) in [5.41, 5.74) is 1.92. The molecule has 1 heterocycles. The maximum absolute atomic E-state index is 13.8. The molecule has 0 aliphatic heterocycles. The predicted molar refractivity (Wildman–Crippen MR) is 87.3 cm³/mol. The lowest BCUT2D eigenvalue weighted by Crippen LogP contribution is -2.41. The topological polar surface area (TPSA) is 21.7 Å². The van der Waals surface area contributed by atoms with Gasteiger partial charge in [-0.3, -0.25) is 0 Å². The van der Waals surface area contributed by atoms with Crippen LogP contribution in [0.4, 0.5) is 4.39 Å². The van der Waals surface area contributed by atoms with Crippen molar-refractivity contribution in [3.63, 3.8) is 0 Å². The average Bonchev–Trinajstić information content (AvgIpc) is 2.74. The van der Waals surface area contributed by atoms with E-state index in [0.29, 0.717) is 6.04 Å². The molecule has 0 N–H and O–H groups in total. The number of aromatic nitrogens is 3. The summed E-state index contributed by atoms with van der Waals surface area (Å²) in [5.74, 6) is 1.90. The molecule has 0 amide bonds. The third kappa shape index (κ3) is 2.92. The number of aryl methyl sites for hydroxylation is 2. The Morgan fingerprint density at radius 2 is 1.91 bits per heavy atom. The van der Waals surface area contributed by atoms with Gasteiger partial charge in [0.2, 0.25) is 0 Å². The summed E-state index contributed by atoms with van der Waals surface area (Å²) in [6.45, 7) is 12.8. The molecule has 120 valence electrons. The smallest absolute Gasteiger partial charge is 0.226 e. The van der Waals surface area contributed by atoms with Crippen LogP contribution < -0.4 is 4.57 Å². The number of benzene rings is 1. The van der Waals surface area contributed by atoms with Gasteiger partial charge < -0.3 is 0 Å². The standard InChI is InChI=1S/C18H27FN3/c1-8-16-20-21(7)17(22(16)12(2)3)14-10-9-13(19)11-15(14)18(4,5)6/h9-12H,8H2,1-7H3/q+1. The molecule has 0 saturated carbocycles. The van der Waals surface area contributed by atoms with E-state index >= 15 is 0 Å². The second-order valence-corrected chi connectivity index (χ2v) is 7.12. The Hall–Kier alpha value is -1.71. The van der Waals surface area contributed by atoms with Gasteiger partial charge in [-0.2, -0.15) is 0 Å². The molecule has 0 atom stereocenters. The zero-order valence-electron chi connectivity index (χ0n) is 14.7. The summed E-state index contributed by atoms with van der Waals surface area (Å²) >= 11 is 0. The van der Waals surface area contributed by atoms with Crippen LogP contribution in [0.1, 0.15) is 59.0 Å². The second-order valence-electron chi connectivity index (χ2n) is 7.12. The number of halogens is 1. The molecule has 1 aromatic heterocycles. The van der Waals surface area contributed by atoms with Crippen molar-refractivity contribution in [1.82, 2.24) is 9.78 Å². The highest BCUT2D eigenvalue weighted by molar-refractivity contribution is 5.60. The Morgan fingerprint density at radius 3 is 2.41 bits per heavy atom. The van der Waals surface area contributed by atoms with Crippen LogP contribution in [0.15, 0.2) is 18.2 Å². The van der Waals surface area contributed by atoms with Crippen molar-refractivity contribution < 1.29 is 8.96 Å². The largest absolute Gasteiger partial charge is 0.277 e. The van der Waals surface area contributed by atoms with E-state index in [2.05, 4.69) is 51.2 Å². The number of nitrogens with zero attached hydrogens (tertiary/aromatic N) is 3. The van der Waals surface area contributed by atoms with E-state index in [4.69, 9.17) is 0 Å². The minimum atomic E-state index is -0.192. The van der Waals surface area contributed by atoms with Crippen molar-refractivity contribution in [1.29, 1.82) is 0 Å². The summed E-state index contributed by atoms with van der Waals surface area (Å²) < 4.78 is 18.0. The molecule has 0 bridgehead atoms. The van der Waals surface area contributed by atoms with Crippen LogP contribution in [-0.4, -0.2) is 9.78 Å². The summed E-state index contributed by atoms with van der Waals surface area (Å²) in [7, 11) is 1.96. The minimum Gasteiger partial charge on any atom is -0.226 e. The van der Waals surface area contributed by atoms with Crippen molar-refractivity contribution in [3.8, 4) is 11.4 Å². The number of rotatable bonds is 3. The van der Waals surface area contributed by atoms with Crippen LogP contribution in [0.25, 0.3) is 11.4 Å². The second kappa shape index (κ2) is 5.82. The molecule has 2 aromatic rings. The maximum Gasteiger partial charge on any atom is 0.277 e. The molecule has 0 fully saturated rings. The molecule has 0 unspecified atom stereocenters. The van der Waals surface area contributed by atoms with Crippen LogP contribution in [0.2, 0.25) is 0 Å². The van der Waals surface area contributed by atoms with Crippen LogP contribution in [0, 0.1) is 5.82 Å². The molecule has 3 nitrogen and oxygen atoms in total. The highest BCUT2D eigenvalue weighted by Gasteiger charge is 2.30. The van der Waals surface area contributed by atoms with Crippen molar-refractivity contribution in [3.05, 3.63) is 35.4 Å². The first-order valence-electron chi connectivity index (χ1n) is 7.94. The SMILES string of the molecule is CCc1nn(C)c(-c2ccc(F)cc2C(C)(C)C)[n+]1C(C)C. The Balaban J connectivity index is 2.80. The lowest BCUT2D eigenvalue weighted by atomic mass is 9.83. The first-order valence-corrected chi connectivity index (χ1v) is 7.94. The number of hydrogen-bond donors (Lipinski definition) is 0.